The number of primary sulfonamides is 1. The topological polar surface area (TPSA) is 128 Å². The minimum Gasteiger partial charge on any atom is -0.476 e. The highest BCUT2D eigenvalue weighted by molar-refractivity contribution is 7.89. The van der Waals surface area contributed by atoms with Gasteiger partial charge in [-0.25, -0.2) is 32.4 Å². The first-order valence-corrected chi connectivity index (χ1v) is 16.6. The highest BCUT2D eigenvalue weighted by Crippen LogP contribution is 2.47. The number of nitrogens with zero attached hydrogens (tertiary/aromatic N) is 3. The molecule has 2 aromatic carbocycles. The molecular formula is C32H31FN4O4S2. The number of carboxylic acids is 1. The van der Waals surface area contributed by atoms with Gasteiger partial charge in [0.1, 0.15) is 10.7 Å². The Bertz CT molecular complexity index is 1890. The van der Waals surface area contributed by atoms with Gasteiger partial charge in [0.05, 0.1) is 11.4 Å². The van der Waals surface area contributed by atoms with E-state index in [1.54, 1.807) is 10.7 Å². The Morgan fingerprint density at radius 2 is 2.02 bits per heavy atom. The van der Waals surface area contributed by atoms with E-state index in [4.69, 9.17) is 10.2 Å². The number of halogens is 1. The quantitative estimate of drug-likeness (QED) is 0.211. The molecule has 2 fully saturated rings. The van der Waals surface area contributed by atoms with Gasteiger partial charge in [-0.3, -0.25) is 0 Å². The highest BCUT2D eigenvalue weighted by Gasteiger charge is 2.36. The lowest BCUT2D eigenvalue weighted by atomic mass is 9.96. The molecule has 11 heteroatoms. The average Bonchev–Trinajstić information content (AvgIpc) is 3.83. The Balaban J connectivity index is 1.46. The summed E-state index contributed by atoms with van der Waals surface area (Å²) in [5.41, 5.74) is 4.85. The molecule has 0 saturated heterocycles. The SMILES string of the molecule is CC1(CC#Cc2cccc(-c3nn(-c4nc(C(=O)O)cs4)c(CCC4CC4)c3Cc3ccc(S(N)(=O)=O)c(F)c3)c2)CC1. The Morgan fingerprint density at radius 1 is 1.23 bits per heavy atom. The van der Waals surface area contributed by atoms with Crippen molar-refractivity contribution in [3.05, 3.63) is 81.7 Å². The third-order valence-corrected chi connectivity index (χ3v) is 9.90. The zero-order chi connectivity index (χ0) is 30.4. The summed E-state index contributed by atoms with van der Waals surface area (Å²) in [6, 6.07) is 11.8. The standard InChI is InChI=1S/C32H31FN4O4S2/c1-32(14-15-32)13-3-5-21-4-2-6-23(16-21)29-24(17-22-10-12-28(25(33)18-22)43(34,40)41)27(11-9-20-7-8-20)37(36-29)31-35-26(19-42-31)30(38)39/h2,4,6,10,12,16,18-20H,7-9,11,13-15,17H2,1H3,(H,38,39)(H2,34,40,41). The second-order valence-corrected chi connectivity index (χ2v) is 14.2. The third-order valence-electron chi connectivity index (χ3n) is 8.14. The Morgan fingerprint density at radius 3 is 2.67 bits per heavy atom. The molecule has 3 N–H and O–H groups in total. The maximum absolute atomic E-state index is 14.9. The predicted molar refractivity (Wildman–Crippen MR) is 162 cm³/mol. The fraction of sp³-hybridized carbons (Fsp3) is 0.344. The van der Waals surface area contributed by atoms with Crippen molar-refractivity contribution in [1.29, 1.82) is 0 Å². The summed E-state index contributed by atoms with van der Waals surface area (Å²) < 4.78 is 40.2. The van der Waals surface area contributed by atoms with E-state index in [0.29, 0.717) is 34.1 Å². The molecule has 2 aromatic heterocycles. The summed E-state index contributed by atoms with van der Waals surface area (Å²) >= 11 is 1.19. The van der Waals surface area contributed by atoms with Crippen molar-refractivity contribution in [2.24, 2.45) is 16.5 Å². The van der Waals surface area contributed by atoms with Crippen LogP contribution in [-0.2, 0) is 22.9 Å². The van der Waals surface area contributed by atoms with Gasteiger partial charge >= 0.3 is 5.97 Å². The van der Waals surface area contributed by atoms with Crippen molar-refractivity contribution in [2.45, 2.75) is 63.2 Å². The van der Waals surface area contributed by atoms with E-state index in [1.165, 1.54) is 41.7 Å². The van der Waals surface area contributed by atoms with E-state index in [1.807, 2.05) is 24.3 Å². The lowest BCUT2D eigenvalue weighted by molar-refractivity contribution is 0.0691. The minimum absolute atomic E-state index is 0.0611. The summed E-state index contributed by atoms with van der Waals surface area (Å²) in [5.74, 6) is 5.18. The average molecular weight is 619 g/mol. The molecule has 0 radical (unpaired) electrons. The summed E-state index contributed by atoms with van der Waals surface area (Å²) in [5, 5.41) is 21.6. The summed E-state index contributed by atoms with van der Waals surface area (Å²) in [6.07, 6.45) is 7.44. The van der Waals surface area contributed by atoms with Crippen molar-refractivity contribution in [2.75, 3.05) is 0 Å². The van der Waals surface area contributed by atoms with Gasteiger partial charge in [0, 0.05) is 34.9 Å². The molecule has 2 heterocycles. The summed E-state index contributed by atoms with van der Waals surface area (Å²) in [7, 11) is -4.21. The first-order chi connectivity index (χ1) is 20.5. The van der Waals surface area contributed by atoms with E-state index in [2.05, 4.69) is 23.7 Å². The number of carbonyl (C=O) groups is 1. The van der Waals surface area contributed by atoms with Crippen LogP contribution in [-0.4, -0.2) is 34.3 Å². The van der Waals surface area contributed by atoms with Crippen LogP contribution in [0.4, 0.5) is 4.39 Å². The van der Waals surface area contributed by atoms with E-state index in [9.17, 15) is 22.7 Å². The molecule has 0 spiro atoms. The van der Waals surface area contributed by atoms with Gasteiger partial charge in [0.15, 0.2) is 5.69 Å². The highest BCUT2D eigenvalue weighted by atomic mass is 32.2. The molecule has 2 saturated carbocycles. The Labute approximate surface area is 253 Å². The number of sulfonamides is 1. The second kappa shape index (κ2) is 11.3. The van der Waals surface area contributed by atoms with Crippen molar-refractivity contribution in [3.8, 4) is 28.2 Å². The van der Waals surface area contributed by atoms with Crippen LogP contribution < -0.4 is 5.14 Å². The van der Waals surface area contributed by atoms with Crippen LogP contribution in [0.1, 0.15) is 78.3 Å². The Kier molecular flexibility index (Phi) is 7.71. The van der Waals surface area contributed by atoms with Crippen LogP contribution in [0.25, 0.3) is 16.4 Å². The van der Waals surface area contributed by atoms with Crippen LogP contribution in [0.3, 0.4) is 0 Å². The number of benzene rings is 2. The first-order valence-electron chi connectivity index (χ1n) is 14.2. The zero-order valence-electron chi connectivity index (χ0n) is 23.6. The molecule has 6 rings (SSSR count). The van der Waals surface area contributed by atoms with Crippen molar-refractivity contribution in [3.63, 3.8) is 0 Å². The van der Waals surface area contributed by atoms with Gasteiger partial charge < -0.3 is 5.11 Å². The normalized spacial score (nSPS) is 15.6. The molecule has 222 valence electrons. The molecule has 4 aromatic rings. The summed E-state index contributed by atoms with van der Waals surface area (Å²) in [6.45, 7) is 2.24. The Hall–Kier alpha value is -3.85. The third kappa shape index (κ3) is 6.72. The number of thiazole rings is 1. The molecule has 8 nitrogen and oxygen atoms in total. The monoisotopic (exact) mass is 618 g/mol. The van der Waals surface area contributed by atoms with Gasteiger partial charge in [-0.1, -0.05) is 49.8 Å². The molecule has 0 unspecified atom stereocenters. The largest absolute Gasteiger partial charge is 0.476 e. The number of hydrogen-bond donors (Lipinski definition) is 2. The fourth-order valence-corrected chi connectivity index (χ4v) is 6.47. The van der Waals surface area contributed by atoms with Crippen molar-refractivity contribution < 1.29 is 22.7 Å². The minimum atomic E-state index is -4.21. The smallest absolute Gasteiger partial charge is 0.355 e. The summed E-state index contributed by atoms with van der Waals surface area (Å²) in [4.78, 5) is 15.4. The van der Waals surface area contributed by atoms with Crippen LogP contribution >= 0.6 is 11.3 Å². The van der Waals surface area contributed by atoms with Crippen LogP contribution in [0.15, 0.2) is 52.7 Å². The number of carboxylic acid groups (broad SMARTS) is 1. The van der Waals surface area contributed by atoms with Crippen LogP contribution in [0.5, 0.6) is 0 Å². The molecule has 0 bridgehead atoms. The van der Waals surface area contributed by atoms with Gasteiger partial charge in [0.25, 0.3) is 0 Å². The van der Waals surface area contributed by atoms with E-state index >= 15 is 0 Å². The van der Waals surface area contributed by atoms with Gasteiger partial charge in [0.2, 0.25) is 15.2 Å². The fourth-order valence-electron chi connectivity index (χ4n) is 5.11. The van der Waals surface area contributed by atoms with E-state index in [0.717, 1.165) is 48.1 Å². The molecule has 0 atom stereocenters. The molecule has 2 aliphatic carbocycles. The molecular weight excluding hydrogens is 588 g/mol. The number of rotatable bonds is 10. The molecule has 0 aliphatic heterocycles. The predicted octanol–water partition coefficient (Wildman–Crippen LogP) is 5.96. The van der Waals surface area contributed by atoms with Crippen molar-refractivity contribution in [1.82, 2.24) is 14.8 Å². The van der Waals surface area contributed by atoms with Crippen LogP contribution in [0, 0.1) is 29.0 Å². The maximum atomic E-state index is 14.9. The second-order valence-electron chi connectivity index (χ2n) is 11.8. The van der Waals surface area contributed by atoms with Crippen LogP contribution in [0.2, 0.25) is 0 Å². The number of hydrogen-bond acceptors (Lipinski definition) is 6. The number of aromatic carboxylic acids is 1. The van der Waals surface area contributed by atoms with Gasteiger partial charge in [-0.15, -0.1) is 11.3 Å². The number of nitrogens with two attached hydrogens (primary N) is 1. The van der Waals surface area contributed by atoms with E-state index in [-0.39, 0.29) is 12.1 Å². The maximum Gasteiger partial charge on any atom is 0.355 e. The lowest BCUT2D eigenvalue weighted by Gasteiger charge is -2.10. The van der Waals surface area contributed by atoms with E-state index < -0.39 is 26.7 Å². The van der Waals surface area contributed by atoms with Gasteiger partial charge in [-0.05, 0) is 66.8 Å². The molecule has 2 aliphatic rings. The number of aromatic nitrogens is 3. The lowest BCUT2D eigenvalue weighted by Crippen LogP contribution is -2.14. The first kappa shape index (κ1) is 29.2. The van der Waals surface area contributed by atoms with Crippen molar-refractivity contribution >= 4 is 27.3 Å². The zero-order valence-corrected chi connectivity index (χ0v) is 25.3. The van der Waals surface area contributed by atoms with Gasteiger partial charge in [-0.2, -0.15) is 5.10 Å². The molecule has 43 heavy (non-hydrogen) atoms. The molecule has 0 amide bonds.